The normalized spacial score (nSPS) is 23.6. The first-order valence-electron chi connectivity index (χ1n) is 15.0. The summed E-state index contributed by atoms with van der Waals surface area (Å²) >= 11 is 0. The summed E-state index contributed by atoms with van der Waals surface area (Å²) in [5.74, 6) is -6.12. The molecule has 0 saturated heterocycles. The van der Waals surface area contributed by atoms with Gasteiger partial charge >= 0.3 is 0 Å². The van der Waals surface area contributed by atoms with Crippen LogP contribution in [0.25, 0.3) is 16.8 Å². The highest BCUT2D eigenvalue weighted by molar-refractivity contribution is 6.25. The second kappa shape index (κ2) is 11.4. The third-order valence-electron chi connectivity index (χ3n) is 9.54. The average molecular weight is 638 g/mol. The Bertz CT molecular complexity index is 1910. The van der Waals surface area contributed by atoms with Gasteiger partial charge in [-0.25, -0.2) is 0 Å². The zero-order chi connectivity index (χ0) is 33.9. The second-order valence-corrected chi connectivity index (χ2v) is 12.4. The van der Waals surface area contributed by atoms with Crippen LogP contribution in [-0.2, 0) is 16.0 Å². The standard InChI is InChI=1S/C36H35N3O8/c1-17(18-7-11-22(47-4)12-8-18)38-21-9-5-19(6-10-21)23-13-14-26(40)28-24(23)15-20-16-25-30(39(2)3)32(42)29(35(37)45)34(44)36(25,46)33(43)27(20)31(28)41/h5-14,20,25,30,38,40,42-43,46H,1,15-16H2,2-4H3,(H2,37,45)/t20-,25-,30?,36-/m0/s1. The number of carbonyl (C=O) groups excluding carboxylic acids is 3. The number of methoxy groups -OCH3 is 1. The lowest BCUT2D eigenvalue weighted by Crippen LogP contribution is -2.63. The summed E-state index contributed by atoms with van der Waals surface area (Å²) < 4.78 is 5.22. The third-order valence-corrected chi connectivity index (χ3v) is 9.54. The first kappa shape index (κ1) is 31.6. The van der Waals surface area contributed by atoms with Gasteiger partial charge in [0.1, 0.15) is 28.6 Å². The Morgan fingerprint density at radius 3 is 2.28 bits per heavy atom. The second-order valence-electron chi connectivity index (χ2n) is 12.4. The minimum Gasteiger partial charge on any atom is -0.510 e. The number of aliphatic hydroxyl groups excluding tert-OH is 2. The molecule has 3 aliphatic rings. The third kappa shape index (κ3) is 4.86. The van der Waals surface area contributed by atoms with E-state index in [-0.39, 0.29) is 29.7 Å². The quantitative estimate of drug-likeness (QED) is 0.208. The summed E-state index contributed by atoms with van der Waals surface area (Å²) in [4.78, 5) is 41.3. The van der Waals surface area contributed by atoms with Crippen molar-refractivity contribution < 1.29 is 39.5 Å². The number of hydrogen-bond donors (Lipinski definition) is 6. The van der Waals surface area contributed by atoms with Crippen molar-refractivity contribution in [3.63, 3.8) is 0 Å². The van der Waals surface area contributed by atoms with Crippen molar-refractivity contribution in [1.82, 2.24) is 4.90 Å². The molecule has 3 aromatic rings. The molecule has 47 heavy (non-hydrogen) atoms. The van der Waals surface area contributed by atoms with Crippen molar-refractivity contribution in [3.8, 4) is 22.6 Å². The number of carbonyl (C=O) groups is 3. The molecular formula is C36H35N3O8. The fourth-order valence-electron chi connectivity index (χ4n) is 7.29. The van der Waals surface area contributed by atoms with Gasteiger partial charge in [-0.1, -0.05) is 24.8 Å². The van der Waals surface area contributed by atoms with Crippen LogP contribution in [0, 0.1) is 11.8 Å². The lowest BCUT2D eigenvalue weighted by atomic mass is 9.58. The Morgan fingerprint density at radius 2 is 1.68 bits per heavy atom. The number of hydrogen-bond acceptors (Lipinski definition) is 10. The number of phenolic OH excluding ortho intramolecular Hbond substituents is 1. The number of likely N-dealkylation sites (N-methyl/N-ethyl adjacent to an activating group) is 1. The fourth-order valence-corrected chi connectivity index (χ4v) is 7.29. The lowest BCUT2D eigenvalue weighted by Gasteiger charge is -2.50. The maximum absolute atomic E-state index is 14.0. The van der Waals surface area contributed by atoms with Crippen LogP contribution in [0.1, 0.15) is 27.9 Å². The largest absolute Gasteiger partial charge is 0.510 e. The number of ketones is 2. The molecule has 0 radical (unpaired) electrons. The van der Waals surface area contributed by atoms with Crippen LogP contribution in [0.3, 0.4) is 0 Å². The van der Waals surface area contributed by atoms with E-state index in [0.717, 1.165) is 22.6 Å². The highest BCUT2D eigenvalue weighted by atomic mass is 16.5. The average Bonchev–Trinajstić information content (AvgIpc) is 3.03. The summed E-state index contributed by atoms with van der Waals surface area (Å²) in [7, 11) is 4.78. The van der Waals surface area contributed by atoms with Crippen LogP contribution in [0.15, 0.2) is 89.9 Å². The number of primary amides is 1. The van der Waals surface area contributed by atoms with Gasteiger partial charge in [0.2, 0.25) is 5.78 Å². The maximum Gasteiger partial charge on any atom is 0.255 e. The molecule has 3 aromatic carbocycles. The maximum atomic E-state index is 14.0. The van der Waals surface area contributed by atoms with Crippen LogP contribution in [0.2, 0.25) is 0 Å². The molecule has 1 amide bonds. The van der Waals surface area contributed by atoms with Crippen LogP contribution >= 0.6 is 0 Å². The van der Waals surface area contributed by atoms with Crippen LogP contribution in [0.4, 0.5) is 5.69 Å². The first-order valence-corrected chi connectivity index (χ1v) is 15.0. The molecule has 11 nitrogen and oxygen atoms in total. The highest BCUT2D eigenvalue weighted by Crippen LogP contribution is 2.53. The lowest BCUT2D eigenvalue weighted by molar-refractivity contribution is -0.148. The Hall–Kier alpha value is -5.39. The highest BCUT2D eigenvalue weighted by Gasteiger charge is 2.63. The van der Waals surface area contributed by atoms with Crippen molar-refractivity contribution >= 4 is 28.9 Å². The number of nitrogens with zero attached hydrogens (tertiary/aromatic N) is 1. The molecule has 6 rings (SSSR count). The Balaban J connectivity index is 1.37. The molecule has 11 heteroatoms. The zero-order valence-corrected chi connectivity index (χ0v) is 26.1. The topological polar surface area (TPSA) is 183 Å². The molecule has 7 N–H and O–H groups in total. The summed E-state index contributed by atoms with van der Waals surface area (Å²) in [5.41, 5.74) is 5.99. The van der Waals surface area contributed by atoms with E-state index >= 15 is 0 Å². The zero-order valence-electron chi connectivity index (χ0n) is 26.1. The predicted octanol–water partition coefficient (Wildman–Crippen LogP) is 3.88. The van der Waals surface area contributed by atoms with Gasteiger partial charge < -0.3 is 36.2 Å². The number of amides is 1. The van der Waals surface area contributed by atoms with Crippen LogP contribution < -0.4 is 15.8 Å². The van der Waals surface area contributed by atoms with Crippen molar-refractivity contribution in [1.29, 1.82) is 0 Å². The molecule has 4 atom stereocenters. The molecule has 0 aromatic heterocycles. The number of ether oxygens (including phenoxy) is 1. The number of anilines is 1. The van der Waals surface area contributed by atoms with Crippen molar-refractivity contribution in [2.75, 3.05) is 26.5 Å². The number of benzene rings is 3. The van der Waals surface area contributed by atoms with E-state index in [1.165, 1.54) is 11.0 Å². The fraction of sp³-hybridized carbons (Fsp3) is 0.250. The van der Waals surface area contributed by atoms with E-state index in [0.29, 0.717) is 16.8 Å². The Labute approximate surface area is 270 Å². The number of fused-ring (bicyclic) bond motifs is 3. The number of nitrogens with two attached hydrogens (primary N) is 1. The van der Waals surface area contributed by atoms with Gasteiger partial charge in [-0.15, -0.1) is 0 Å². The minimum absolute atomic E-state index is 0.0111. The van der Waals surface area contributed by atoms with Gasteiger partial charge in [0.15, 0.2) is 11.4 Å². The monoisotopic (exact) mass is 637 g/mol. The summed E-state index contributed by atoms with van der Waals surface area (Å²) in [6, 6.07) is 17.0. The van der Waals surface area contributed by atoms with Gasteiger partial charge in [-0.05, 0) is 97.6 Å². The molecule has 1 unspecified atom stereocenters. The summed E-state index contributed by atoms with van der Waals surface area (Å²) in [6.07, 6.45) is 0.198. The molecule has 3 aliphatic carbocycles. The van der Waals surface area contributed by atoms with Gasteiger partial charge in [0, 0.05) is 22.9 Å². The van der Waals surface area contributed by atoms with Crippen LogP contribution in [-0.4, -0.2) is 75.6 Å². The van der Waals surface area contributed by atoms with Gasteiger partial charge in [-0.2, -0.15) is 0 Å². The smallest absolute Gasteiger partial charge is 0.255 e. The SMILES string of the molecule is C=C(Nc1ccc(-c2ccc(O)c3c2C[C@H]2C[C@H]4C(N(C)C)C(O)=C(C(N)=O)C(=O)[C@@]4(O)C(O)=C2C3=O)cc1)c1ccc(OC)cc1. The van der Waals surface area contributed by atoms with E-state index < -0.39 is 58.0 Å². The molecule has 0 spiro atoms. The number of rotatable bonds is 7. The molecule has 0 fully saturated rings. The number of aliphatic hydroxyl groups is 3. The Kier molecular flexibility index (Phi) is 7.69. The number of nitrogens with one attached hydrogen (secondary N) is 1. The number of allylic oxidation sites excluding steroid dienone is 1. The molecule has 0 bridgehead atoms. The van der Waals surface area contributed by atoms with E-state index in [9.17, 15) is 34.8 Å². The van der Waals surface area contributed by atoms with Crippen molar-refractivity contribution in [2.24, 2.45) is 17.6 Å². The summed E-state index contributed by atoms with van der Waals surface area (Å²) in [6.45, 7) is 4.12. The molecule has 0 heterocycles. The Morgan fingerprint density at radius 1 is 1.02 bits per heavy atom. The van der Waals surface area contributed by atoms with Gasteiger partial charge in [0.25, 0.3) is 5.91 Å². The molecule has 0 aliphatic heterocycles. The molecular weight excluding hydrogens is 602 g/mol. The number of Topliss-reactive ketones (excluding diaryl/α,β-unsaturated/α-hetero) is 2. The summed E-state index contributed by atoms with van der Waals surface area (Å²) in [5, 5.41) is 48.5. The number of aromatic hydroxyl groups is 1. The predicted molar refractivity (Wildman–Crippen MR) is 175 cm³/mol. The minimum atomic E-state index is -2.68. The van der Waals surface area contributed by atoms with Crippen molar-refractivity contribution in [3.05, 3.63) is 107 Å². The van der Waals surface area contributed by atoms with E-state index in [4.69, 9.17) is 10.5 Å². The first-order chi connectivity index (χ1) is 22.3. The number of phenols is 1. The molecule has 242 valence electrons. The van der Waals surface area contributed by atoms with Crippen LogP contribution in [0.5, 0.6) is 11.5 Å². The van der Waals surface area contributed by atoms with Gasteiger partial charge in [-0.3, -0.25) is 19.3 Å². The van der Waals surface area contributed by atoms with E-state index in [2.05, 4.69) is 11.9 Å². The van der Waals surface area contributed by atoms with Crippen molar-refractivity contribution in [2.45, 2.75) is 24.5 Å². The van der Waals surface area contributed by atoms with Gasteiger partial charge in [0.05, 0.1) is 18.7 Å². The van der Waals surface area contributed by atoms with E-state index in [1.54, 1.807) is 27.3 Å². The van der Waals surface area contributed by atoms with E-state index in [1.807, 2.05) is 48.5 Å². The molecule has 0 saturated carbocycles.